The van der Waals surface area contributed by atoms with Crippen molar-refractivity contribution in [2.75, 3.05) is 6.54 Å². The first-order chi connectivity index (χ1) is 9.59. The molecule has 2 rings (SSSR count). The molecule has 1 aromatic carbocycles. The molecule has 0 bridgehead atoms. The smallest absolute Gasteiger partial charge is 0.207 e. The molecule has 104 valence electrons. The van der Waals surface area contributed by atoms with Crippen molar-refractivity contribution in [3.05, 3.63) is 29.8 Å². The SMILES string of the molecule is N#CCN(C1CCCC1)S(=O)(=O)c1ccc(C#N)cc1. The summed E-state index contributed by atoms with van der Waals surface area (Å²) in [6.45, 7) is -0.132. The van der Waals surface area contributed by atoms with E-state index >= 15 is 0 Å². The Hall–Kier alpha value is -1.89. The Morgan fingerprint density at radius 1 is 1.15 bits per heavy atom. The van der Waals surface area contributed by atoms with Crippen molar-refractivity contribution in [3.63, 3.8) is 0 Å². The fourth-order valence-corrected chi connectivity index (χ4v) is 4.09. The van der Waals surface area contributed by atoms with Crippen molar-refractivity contribution < 1.29 is 8.42 Å². The molecule has 1 aliphatic rings. The summed E-state index contributed by atoms with van der Waals surface area (Å²) in [6.07, 6.45) is 3.60. The van der Waals surface area contributed by atoms with E-state index < -0.39 is 10.0 Å². The van der Waals surface area contributed by atoms with Gasteiger partial charge in [0.15, 0.2) is 0 Å². The predicted octanol–water partition coefficient (Wildman–Crippen LogP) is 2.02. The Balaban J connectivity index is 2.34. The average Bonchev–Trinajstić information content (AvgIpc) is 2.98. The van der Waals surface area contributed by atoms with Gasteiger partial charge in [0.2, 0.25) is 10.0 Å². The molecule has 1 saturated carbocycles. The number of sulfonamides is 1. The van der Waals surface area contributed by atoms with Crippen LogP contribution in [0.25, 0.3) is 0 Å². The Kier molecular flexibility index (Phi) is 4.39. The number of hydrogen-bond donors (Lipinski definition) is 0. The van der Waals surface area contributed by atoms with Gasteiger partial charge in [-0.15, -0.1) is 0 Å². The average molecular weight is 289 g/mol. The maximum Gasteiger partial charge on any atom is 0.244 e. The van der Waals surface area contributed by atoms with Crippen molar-refractivity contribution in [1.29, 1.82) is 10.5 Å². The zero-order valence-corrected chi connectivity index (χ0v) is 11.8. The molecule has 6 heteroatoms. The Bertz CT molecular complexity index is 647. The molecule has 0 unspecified atom stereocenters. The summed E-state index contributed by atoms with van der Waals surface area (Å²) in [5, 5.41) is 17.6. The molecule has 0 amide bonds. The van der Waals surface area contributed by atoms with Crippen LogP contribution in [-0.2, 0) is 10.0 Å². The van der Waals surface area contributed by atoms with Gasteiger partial charge in [0.25, 0.3) is 0 Å². The van der Waals surface area contributed by atoms with E-state index in [-0.39, 0.29) is 17.5 Å². The van der Waals surface area contributed by atoms with Crippen molar-refractivity contribution >= 4 is 10.0 Å². The lowest BCUT2D eigenvalue weighted by atomic mass is 10.2. The van der Waals surface area contributed by atoms with Gasteiger partial charge in [-0.2, -0.15) is 14.8 Å². The van der Waals surface area contributed by atoms with Crippen LogP contribution >= 0.6 is 0 Å². The molecule has 0 atom stereocenters. The topological polar surface area (TPSA) is 85.0 Å². The van der Waals surface area contributed by atoms with Gasteiger partial charge in [0.1, 0.15) is 6.54 Å². The molecule has 20 heavy (non-hydrogen) atoms. The standard InChI is InChI=1S/C14H15N3O2S/c15-9-10-17(13-3-1-2-4-13)20(18,19)14-7-5-12(11-16)6-8-14/h5-8,13H,1-4,10H2. The van der Waals surface area contributed by atoms with Crippen LogP contribution in [0.1, 0.15) is 31.2 Å². The van der Waals surface area contributed by atoms with Crippen LogP contribution < -0.4 is 0 Å². The molecule has 0 N–H and O–H groups in total. The largest absolute Gasteiger partial charge is 0.244 e. The highest BCUT2D eigenvalue weighted by atomic mass is 32.2. The Morgan fingerprint density at radius 2 is 1.75 bits per heavy atom. The second-order valence-corrected chi connectivity index (χ2v) is 6.67. The predicted molar refractivity (Wildman–Crippen MR) is 72.9 cm³/mol. The fourth-order valence-electron chi connectivity index (χ4n) is 2.51. The van der Waals surface area contributed by atoms with Gasteiger partial charge in [-0.25, -0.2) is 8.42 Å². The number of hydrogen-bond acceptors (Lipinski definition) is 4. The lowest BCUT2D eigenvalue weighted by Gasteiger charge is -2.25. The third-order valence-electron chi connectivity index (χ3n) is 3.55. The van der Waals surface area contributed by atoms with Crippen molar-refractivity contribution in [2.45, 2.75) is 36.6 Å². The van der Waals surface area contributed by atoms with Gasteiger partial charge in [-0.05, 0) is 37.1 Å². The molecule has 0 aromatic heterocycles. The van der Waals surface area contributed by atoms with E-state index in [9.17, 15) is 8.42 Å². The highest BCUT2D eigenvalue weighted by Gasteiger charge is 2.32. The summed E-state index contributed by atoms with van der Waals surface area (Å²) < 4.78 is 26.5. The highest BCUT2D eigenvalue weighted by Crippen LogP contribution is 2.28. The van der Waals surface area contributed by atoms with Gasteiger partial charge >= 0.3 is 0 Å². The van der Waals surface area contributed by atoms with E-state index in [2.05, 4.69) is 0 Å². The zero-order valence-electron chi connectivity index (χ0n) is 11.0. The van der Waals surface area contributed by atoms with Crippen molar-refractivity contribution in [2.24, 2.45) is 0 Å². The first-order valence-corrected chi connectivity index (χ1v) is 7.92. The van der Waals surface area contributed by atoms with Gasteiger partial charge in [-0.1, -0.05) is 12.8 Å². The van der Waals surface area contributed by atoms with Crippen LogP contribution in [0, 0.1) is 22.7 Å². The summed E-state index contributed by atoms with van der Waals surface area (Å²) in [5.41, 5.74) is 0.414. The summed E-state index contributed by atoms with van der Waals surface area (Å²) in [7, 11) is -3.67. The first kappa shape index (κ1) is 14.5. The van der Waals surface area contributed by atoms with E-state index in [1.807, 2.05) is 12.1 Å². The minimum absolute atomic E-state index is 0.0877. The highest BCUT2D eigenvalue weighted by molar-refractivity contribution is 7.89. The second kappa shape index (κ2) is 6.04. The minimum atomic E-state index is -3.67. The number of benzene rings is 1. The minimum Gasteiger partial charge on any atom is -0.207 e. The van der Waals surface area contributed by atoms with Gasteiger partial charge in [0.05, 0.1) is 22.6 Å². The molecular weight excluding hydrogens is 274 g/mol. The van der Waals surface area contributed by atoms with Crippen LogP contribution in [0.3, 0.4) is 0 Å². The lowest BCUT2D eigenvalue weighted by Crippen LogP contribution is -2.39. The first-order valence-electron chi connectivity index (χ1n) is 6.48. The molecule has 0 aliphatic heterocycles. The maximum absolute atomic E-state index is 12.6. The van der Waals surface area contributed by atoms with Crippen LogP contribution in [0.5, 0.6) is 0 Å². The van der Waals surface area contributed by atoms with Crippen LogP contribution in [-0.4, -0.2) is 25.3 Å². The number of nitriles is 2. The molecule has 1 aliphatic carbocycles. The second-order valence-electron chi connectivity index (χ2n) is 4.78. The molecule has 1 fully saturated rings. The number of rotatable bonds is 4. The molecule has 0 spiro atoms. The fraction of sp³-hybridized carbons (Fsp3) is 0.429. The lowest BCUT2D eigenvalue weighted by molar-refractivity contribution is 0.350. The molecule has 0 radical (unpaired) electrons. The molecule has 0 saturated heterocycles. The van der Waals surface area contributed by atoms with E-state index in [4.69, 9.17) is 10.5 Å². The van der Waals surface area contributed by atoms with Crippen LogP contribution in [0.4, 0.5) is 0 Å². The molecular formula is C14H15N3O2S. The molecule has 0 heterocycles. The summed E-state index contributed by atoms with van der Waals surface area (Å²) >= 11 is 0. The van der Waals surface area contributed by atoms with Crippen LogP contribution in [0.15, 0.2) is 29.2 Å². The number of nitrogens with zero attached hydrogens (tertiary/aromatic N) is 3. The Labute approximate surface area is 119 Å². The Morgan fingerprint density at radius 3 is 2.25 bits per heavy atom. The van der Waals surface area contributed by atoms with Crippen molar-refractivity contribution in [1.82, 2.24) is 4.31 Å². The van der Waals surface area contributed by atoms with Gasteiger partial charge < -0.3 is 0 Å². The zero-order chi connectivity index (χ0) is 14.6. The van der Waals surface area contributed by atoms with Crippen LogP contribution in [0.2, 0.25) is 0 Å². The third-order valence-corrected chi connectivity index (χ3v) is 5.46. The van der Waals surface area contributed by atoms with E-state index in [1.165, 1.54) is 28.6 Å². The van der Waals surface area contributed by atoms with Gasteiger partial charge in [0, 0.05) is 6.04 Å². The third kappa shape index (κ3) is 2.82. The monoisotopic (exact) mass is 289 g/mol. The van der Waals surface area contributed by atoms with E-state index in [0.29, 0.717) is 5.56 Å². The molecule has 5 nitrogen and oxygen atoms in total. The van der Waals surface area contributed by atoms with Crippen molar-refractivity contribution in [3.8, 4) is 12.1 Å². The maximum atomic E-state index is 12.6. The summed E-state index contributed by atoms with van der Waals surface area (Å²) in [4.78, 5) is 0.138. The van der Waals surface area contributed by atoms with Gasteiger partial charge in [-0.3, -0.25) is 0 Å². The quantitative estimate of drug-likeness (QED) is 0.794. The summed E-state index contributed by atoms with van der Waals surface area (Å²) in [5.74, 6) is 0. The van der Waals surface area contributed by atoms with E-state index in [0.717, 1.165) is 25.7 Å². The summed E-state index contributed by atoms with van der Waals surface area (Å²) in [6, 6.07) is 9.61. The normalized spacial score (nSPS) is 15.9. The molecule has 1 aromatic rings. The van der Waals surface area contributed by atoms with E-state index in [1.54, 1.807) is 0 Å².